The molecule has 0 aliphatic heterocycles. The summed E-state index contributed by atoms with van der Waals surface area (Å²) in [7, 11) is 0. The largest absolute Gasteiger partial charge is 0.326 e. The molecule has 0 spiro atoms. The smallest absolute Gasteiger partial charge is 0.248 e. The van der Waals surface area contributed by atoms with Gasteiger partial charge < -0.3 is 10.7 Å². The number of H-pyrrole nitrogens is 1. The van der Waals surface area contributed by atoms with Gasteiger partial charge in [-0.3, -0.25) is 4.79 Å². The van der Waals surface area contributed by atoms with Crippen LogP contribution < -0.4 is 11.3 Å². The highest BCUT2D eigenvalue weighted by Crippen LogP contribution is 2.17. The van der Waals surface area contributed by atoms with E-state index >= 15 is 0 Å². The number of rotatable bonds is 2. The second kappa shape index (κ2) is 4.28. The van der Waals surface area contributed by atoms with Crippen molar-refractivity contribution in [3.8, 4) is 11.3 Å². The molecule has 0 saturated heterocycles. The van der Waals surface area contributed by atoms with Gasteiger partial charge in [-0.15, -0.1) is 0 Å². The highest BCUT2D eigenvalue weighted by Gasteiger charge is 2.02. The molecule has 4 heteroatoms. The fraction of sp³-hybridized carbons (Fsp3) is 0.0833. The van der Waals surface area contributed by atoms with Crippen LogP contribution in [0.5, 0.6) is 0 Å². The zero-order valence-corrected chi connectivity index (χ0v) is 8.53. The van der Waals surface area contributed by atoms with Crippen molar-refractivity contribution in [1.29, 1.82) is 0 Å². The first-order valence-corrected chi connectivity index (χ1v) is 4.88. The maximum atomic E-state index is 13.0. The molecule has 0 atom stereocenters. The monoisotopic (exact) mass is 218 g/mol. The number of nitrogens with one attached hydrogen (secondary N) is 1. The van der Waals surface area contributed by atoms with Crippen molar-refractivity contribution >= 4 is 0 Å². The number of hydrogen-bond donors (Lipinski definition) is 2. The molecule has 1 aromatic carbocycles. The predicted molar refractivity (Wildman–Crippen MR) is 60.3 cm³/mol. The maximum Gasteiger partial charge on any atom is 0.248 e. The molecular formula is C12H11FN2O. The van der Waals surface area contributed by atoms with Crippen molar-refractivity contribution in [3.05, 3.63) is 58.1 Å². The number of aromatic amines is 1. The van der Waals surface area contributed by atoms with Crippen molar-refractivity contribution in [2.45, 2.75) is 6.54 Å². The number of benzene rings is 1. The topological polar surface area (TPSA) is 58.9 Å². The van der Waals surface area contributed by atoms with Crippen LogP contribution in [-0.2, 0) is 6.54 Å². The molecule has 3 N–H and O–H groups in total. The fourth-order valence-electron chi connectivity index (χ4n) is 1.53. The summed E-state index contributed by atoms with van der Waals surface area (Å²) < 4.78 is 13.0. The van der Waals surface area contributed by atoms with Gasteiger partial charge in [-0.2, -0.15) is 0 Å². The molecule has 0 saturated carbocycles. The van der Waals surface area contributed by atoms with Crippen molar-refractivity contribution < 1.29 is 4.39 Å². The highest BCUT2D eigenvalue weighted by molar-refractivity contribution is 5.59. The van der Waals surface area contributed by atoms with E-state index in [2.05, 4.69) is 4.98 Å². The summed E-state index contributed by atoms with van der Waals surface area (Å²) >= 11 is 0. The molecular weight excluding hydrogens is 207 g/mol. The van der Waals surface area contributed by atoms with E-state index in [9.17, 15) is 9.18 Å². The lowest BCUT2D eigenvalue weighted by molar-refractivity contribution is 0.628. The van der Waals surface area contributed by atoms with Gasteiger partial charge in [0.2, 0.25) is 5.56 Å². The summed E-state index contributed by atoms with van der Waals surface area (Å²) in [5, 5.41) is 0. The molecule has 0 radical (unpaired) electrons. The molecule has 2 aromatic rings. The summed E-state index contributed by atoms with van der Waals surface area (Å²) in [5.74, 6) is -0.337. The Morgan fingerprint density at radius 1 is 1.25 bits per heavy atom. The van der Waals surface area contributed by atoms with Gasteiger partial charge in [0.05, 0.1) is 0 Å². The molecule has 82 valence electrons. The minimum atomic E-state index is -0.337. The first kappa shape index (κ1) is 10.6. The molecule has 0 aliphatic carbocycles. The van der Waals surface area contributed by atoms with E-state index in [1.807, 2.05) is 0 Å². The van der Waals surface area contributed by atoms with Crippen LogP contribution in [0.15, 0.2) is 41.2 Å². The Balaban J connectivity index is 2.55. The molecule has 1 aromatic heterocycles. The van der Waals surface area contributed by atoms with Gasteiger partial charge in [-0.1, -0.05) is 12.1 Å². The Kier molecular flexibility index (Phi) is 2.83. The highest BCUT2D eigenvalue weighted by atomic mass is 19.1. The summed E-state index contributed by atoms with van der Waals surface area (Å²) in [5.41, 5.74) is 7.17. The lowest BCUT2D eigenvalue weighted by Gasteiger charge is -2.03. The maximum absolute atomic E-state index is 13.0. The molecule has 3 nitrogen and oxygen atoms in total. The minimum Gasteiger partial charge on any atom is -0.326 e. The first-order chi connectivity index (χ1) is 7.69. The van der Waals surface area contributed by atoms with E-state index in [1.165, 1.54) is 18.2 Å². The van der Waals surface area contributed by atoms with E-state index in [0.717, 1.165) is 5.56 Å². The van der Waals surface area contributed by atoms with E-state index in [4.69, 9.17) is 5.73 Å². The summed E-state index contributed by atoms with van der Waals surface area (Å²) in [4.78, 5) is 14.0. The van der Waals surface area contributed by atoms with Crippen molar-refractivity contribution in [3.63, 3.8) is 0 Å². The summed E-state index contributed by atoms with van der Waals surface area (Å²) in [6.45, 7) is 0.284. The van der Waals surface area contributed by atoms with Crippen LogP contribution in [-0.4, -0.2) is 4.98 Å². The number of aromatic nitrogens is 1. The fourth-order valence-corrected chi connectivity index (χ4v) is 1.53. The summed E-state index contributed by atoms with van der Waals surface area (Å²) in [6, 6.07) is 9.23. The Bertz CT molecular complexity index is 563. The van der Waals surface area contributed by atoms with Crippen LogP contribution in [0.3, 0.4) is 0 Å². The normalized spacial score (nSPS) is 10.4. The average Bonchev–Trinajstić information content (AvgIpc) is 2.28. The molecule has 0 bridgehead atoms. The standard InChI is InChI=1S/C12H11FN2O/c13-10-3-1-2-9(6-10)11-4-8(7-14)5-12(16)15-11/h1-6H,7,14H2,(H,15,16). The van der Waals surface area contributed by atoms with Gasteiger partial charge in [-0.25, -0.2) is 4.39 Å². The molecule has 2 rings (SSSR count). The zero-order chi connectivity index (χ0) is 11.5. The van der Waals surface area contributed by atoms with Gasteiger partial charge in [0, 0.05) is 23.9 Å². The van der Waals surface area contributed by atoms with Crippen LogP contribution in [0.25, 0.3) is 11.3 Å². The molecule has 0 unspecified atom stereocenters. The van der Waals surface area contributed by atoms with Crippen molar-refractivity contribution in [2.24, 2.45) is 5.73 Å². The number of halogens is 1. The molecule has 1 heterocycles. The van der Waals surface area contributed by atoms with E-state index in [-0.39, 0.29) is 17.9 Å². The van der Waals surface area contributed by atoms with Gasteiger partial charge in [-0.05, 0) is 23.8 Å². The predicted octanol–water partition coefficient (Wildman–Crippen LogP) is 1.64. The Labute approximate surface area is 91.7 Å². The van der Waals surface area contributed by atoms with E-state index < -0.39 is 0 Å². The Hall–Kier alpha value is -1.94. The molecule has 16 heavy (non-hydrogen) atoms. The average molecular weight is 218 g/mol. The van der Waals surface area contributed by atoms with Gasteiger partial charge in [0.15, 0.2) is 0 Å². The van der Waals surface area contributed by atoms with E-state index in [1.54, 1.807) is 18.2 Å². The van der Waals surface area contributed by atoms with Gasteiger partial charge in [0.1, 0.15) is 5.82 Å². The second-order valence-electron chi connectivity index (χ2n) is 3.48. The first-order valence-electron chi connectivity index (χ1n) is 4.88. The third-order valence-electron chi connectivity index (χ3n) is 2.28. The van der Waals surface area contributed by atoms with Crippen molar-refractivity contribution in [2.75, 3.05) is 0 Å². The molecule has 0 aliphatic rings. The van der Waals surface area contributed by atoms with Crippen LogP contribution >= 0.6 is 0 Å². The number of pyridine rings is 1. The van der Waals surface area contributed by atoms with Crippen LogP contribution in [0.4, 0.5) is 4.39 Å². The van der Waals surface area contributed by atoms with Gasteiger partial charge >= 0.3 is 0 Å². The van der Waals surface area contributed by atoms with Crippen LogP contribution in [0.1, 0.15) is 5.56 Å². The molecule has 0 fully saturated rings. The molecule has 0 amide bonds. The Morgan fingerprint density at radius 3 is 2.75 bits per heavy atom. The van der Waals surface area contributed by atoms with Gasteiger partial charge in [0.25, 0.3) is 0 Å². The third kappa shape index (κ3) is 2.17. The quantitative estimate of drug-likeness (QED) is 0.805. The SMILES string of the molecule is NCc1cc(-c2cccc(F)c2)[nH]c(=O)c1. The van der Waals surface area contributed by atoms with E-state index in [0.29, 0.717) is 11.3 Å². The lowest BCUT2D eigenvalue weighted by atomic mass is 10.1. The zero-order valence-electron chi connectivity index (χ0n) is 8.53. The lowest BCUT2D eigenvalue weighted by Crippen LogP contribution is -2.09. The van der Waals surface area contributed by atoms with Crippen LogP contribution in [0, 0.1) is 5.82 Å². The van der Waals surface area contributed by atoms with Crippen molar-refractivity contribution in [1.82, 2.24) is 4.98 Å². The number of hydrogen-bond acceptors (Lipinski definition) is 2. The number of nitrogens with two attached hydrogens (primary N) is 1. The Morgan fingerprint density at radius 2 is 2.06 bits per heavy atom. The third-order valence-corrected chi connectivity index (χ3v) is 2.28. The second-order valence-corrected chi connectivity index (χ2v) is 3.48. The minimum absolute atomic E-state index is 0.234. The summed E-state index contributed by atoms with van der Waals surface area (Å²) in [6.07, 6.45) is 0. The van der Waals surface area contributed by atoms with Crippen LogP contribution in [0.2, 0.25) is 0 Å².